The molecule has 1 saturated carbocycles. The molecule has 1 heterocycles. The highest BCUT2D eigenvalue weighted by Gasteiger charge is 2.22. The van der Waals surface area contributed by atoms with Crippen LogP contribution in [-0.2, 0) is 13.1 Å². The van der Waals surface area contributed by atoms with Crippen molar-refractivity contribution in [2.45, 2.75) is 25.9 Å². The SMILES string of the molecule is CNCc1cccc(CN(C)CC2CC2)n1. The van der Waals surface area contributed by atoms with Crippen LogP contribution < -0.4 is 5.32 Å². The van der Waals surface area contributed by atoms with Crippen molar-refractivity contribution in [1.29, 1.82) is 0 Å². The second-order valence-corrected chi connectivity index (χ2v) is 4.79. The van der Waals surface area contributed by atoms with E-state index in [1.54, 1.807) is 0 Å². The maximum Gasteiger partial charge on any atom is 0.0547 e. The smallest absolute Gasteiger partial charge is 0.0547 e. The van der Waals surface area contributed by atoms with Gasteiger partial charge in [0.2, 0.25) is 0 Å². The van der Waals surface area contributed by atoms with Crippen LogP contribution in [0.25, 0.3) is 0 Å². The highest BCUT2D eigenvalue weighted by molar-refractivity contribution is 5.11. The molecule has 1 aromatic heterocycles. The summed E-state index contributed by atoms with van der Waals surface area (Å²) < 4.78 is 0. The molecule has 3 heteroatoms. The van der Waals surface area contributed by atoms with Crippen LogP contribution >= 0.6 is 0 Å². The summed E-state index contributed by atoms with van der Waals surface area (Å²) in [7, 11) is 4.14. The summed E-state index contributed by atoms with van der Waals surface area (Å²) in [5.74, 6) is 0.950. The van der Waals surface area contributed by atoms with Gasteiger partial charge in [-0.25, -0.2) is 0 Å². The molecule has 0 bridgehead atoms. The normalized spacial score (nSPS) is 15.7. The molecule has 1 N–H and O–H groups in total. The van der Waals surface area contributed by atoms with E-state index in [1.807, 2.05) is 7.05 Å². The van der Waals surface area contributed by atoms with E-state index in [0.29, 0.717) is 0 Å². The van der Waals surface area contributed by atoms with Crippen molar-refractivity contribution in [1.82, 2.24) is 15.2 Å². The third-order valence-electron chi connectivity index (χ3n) is 2.92. The zero-order valence-electron chi connectivity index (χ0n) is 10.2. The highest BCUT2D eigenvalue weighted by Crippen LogP contribution is 2.29. The Kier molecular flexibility index (Phi) is 3.91. The quantitative estimate of drug-likeness (QED) is 0.788. The van der Waals surface area contributed by atoms with Gasteiger partial charge in [-0.3, -0.25) is 4.98 Å². The minimum Gasteiger partial charge on any atom is -0.314 e. The van der Waals surface area contributed by atoms with Crippen molar-refractivity contribution in [2.75, 3.05) is 20.6 Å². The van der Waals surface area contributed by atoms with E-state index < -0.39 is 0 Å². The molecule has 0 aromatic carbocycles. The van der Waals surface area contributed by atoms with Gasteiger partial charge < -0.3 is 10.2 Å². The van der Waals surface area contributed by atoms with Gasteiger partial charge in [-0.05, 0) is 45.0 Å². The van der Waals surface area contributed by atoms with Gasteiger partial charge in [-0.2, -0.15) is 0 Å². The number of pyridine rings is 1. The summed E-state index contributed by atoms with van der Waals surface area (Å²) in [6.07, 6.45) is 2.83. The largest absolute Gasteiger partial charge is 0.314 e. The summed E-state index contributed by atoms with van der Waals surface area (Å²) in [6.45, 7) is 3.03. The monoisotopic (exact) mass is 219 g/mol. The molecule has 0 radical (unpaired) electrons. The molecule has 1 aliphatic rings. The van der Waals surface area contributed by atoms with Crippen LogP contribution in [0, 0.1) is 5.92 Å². The Morgan fingerprint density at radius 2 is 2.12 bits per heavy atom. The van der Waals surface area contributed by atoms with Crippen LogP contribution in [0.2, 0.25) is 0 Å². The lowest BCUT2D eigenvalue weighted by molar-refractivity contribution is 0.309. The molecule has 0 amide bonds. The number of aromatic nitrogens is 1. The zero-order valence-corrected chi connectivity index (χ0v) is 10.2. The van der Waals surface area contributed by atoms with Gasteiger partial charge in [-0.15, -0.1) is 0 Å². The number of hydrogen-bond donors (Lipinski definition) is 1. The lowest BCUT2D eigenvalue weighted by Crippen LogP contribution is -2.21. The molecule has 3 nitrogen and oxygen atoms in total. The summed E-state index contributed by atoms with van der Waals surface area (Å²) in [5, 5.41) is 3.13. The Morgan fingerprint density at radius 3 is 2.81 bits per heavy atom. The van der Waals surface area contributed by atoms with E-state index in [-0.39, 0.29) is 0 Å². The zero-order chi connectivity index (χ0) is 11.4. The summed E-state index contributed by atoms with van der Waals surface area (Å²) in [5.41, 5.74) is 2.30. The average Bonchev–Trinajstić information content (AvgIpc) is 3.02. The van der Waals surface area contributed by atoms with Gasteiger partial charge in [-0.1, -0.05) is 6.07 Å². The predicted octanol–water partition coefficient (Wildman–Crippen LogP) is 1.64. The van der Waals surface area contributed by atoms with Gasteiger partial charge in [0.1, 0.15) is 0 Å². The fourth-order valence-corrected chi connectivity index (χ4v) is 1.98. The first-order valence-corrected chi connectivity index (χ1v) is 6.06. The second kappa shape index (κ2) is 5.41. The van der Waals surface area contributed by atoms with Crippen molar-refractivity contribution in [3.63, 3.8) is 0 Å². The summed E-state index contributed by atoms with van der Waals surface area (Å²) >= 11 is 0. The first kappa shape index (κ1) is 11.6. The average molecular weight is 219 g/mol. The maximum absolute atomic E-state index is 4.63. The van der Waals surface area contributed by atoms with Crippen molar-refractivity contribution in [2.24, 2.45) is 5.92 Å². The van der Waals surface area contributed by atoms with Gasteiger partial charge in [0.05, 0.1) is 11.4 Å². The first-order valence-electron chi connectivity index (χ1n) is 6.06. The molecule has 0 atom stereocenters. The van der Waals surface area contributed by atoms with Crippen molar-refractivity contribution in [3.8, 4) is 0 Å². The van der Waals surface area contributed by atoms with E-state index >= 15 is 0 Å². The predicted molar refractivity (Wildman–Crippen MR) is 66.1 cm³/mol. The molecule has 1 aliphatic carbocycles. The van der Waals surface area contributed by atoms with Crippen LogP contribution in [0.4, 0.5) is 0 Å². The lowest BCUT2D eigenvalue weighted by Gasteiger charge is -2.15. The Morgan fingerprint density at radius 1 is 1.38 bits per heavy atom. The maximum atomic E-state index is 4.63. The molecular formula is C13H21N3. The van der Waals surface area contributed by atoms with Gasteiger partial charge in [0.15, 0.2) is 0 Å². The Balaban J connectivity index is 1.88. The molecule has 0 unspecified atom stereocenters. The first-order chi connectivity index (χ1) is 7.78. The van der Waals surface area contributed by atoms with Crippen LogP contribution in [0.1, 0.15) is 24.2 Å². The Bertz CT molecular complexity index is 334. The van der Waals surface area contributed by atoms with E-state index in [1.165, 1.54) is 25.1 Å². The van der Waals surface area contributed by atoms with Gasteiger partial charge in [0, 0.05) is 19.6 Å². The summed E-state index contributed by atoms with van der Waals surface area (Å²) in [4.78, 5) is 7.00. The number of nitrogens with one attached hydrogen (secondary N) is 1. The van der Waals surface area contributed by atoms with Crippen molar-refractivity contribution < 1.29 is 0 Å². The third-order valence-corrected chi connectivity index (χ3v) is 2.92. The molecule has 2 rings (SSSR count). The van der Waals surface area contributed by atoms with Gasteiger partial charge in [0.25, 0.3) is 0 Å². The van der Waals surface area contributed by atoms with E-state index in [2.05, 4.69) is 40.4 Å². The minimum atomic E-state index is 0.847. The number of hydrogen-bond acceptors (Lipinski definition) is 3. The van der Waals surface area contributed by atoms with Gasteiger partial charge >= 0.3 is 0 Å². The summed E-state index contributed by atoms with van der Waals surface area (Å²) in [6, 6.07) is 6.28. The molecule has 0 spiro atoms. The molecule has 88 valence electrons. The molecule has 1 aromatic rings. The second-order valence-electron chi connectivity index (χ2n) is 4.79. The Hall–Kier alpha value is -0.930. The van der Waals surface area contributed by atoms with E-state index in [9.17, 15) is 0 Å². The fourth-order valence-electron chi connectivity index (χ4n) is 1.98. The minimum absolute atomic E-state index is 0.847. The molecule has 16 heavy (non-hydrogen) atoms. The molecule has 1 fully saturated rings. The van der Waals surface area contributed by atoms with Crippen molar-refractivity contribution >= 4 is 0 Å². The lowest BCUT2D eigenvalue weighted by atomic mass is 10.2. The number of nitrogens with zero attached hydrogens (tertiary/aromatic N) is 2. The number of rotatable bonds is 6. The fraction of sp³-hybridized carbons (Fsp3) is 0.615. The molecule has 0 saturated heterocycles. The van der Waals surface area contributed by atoms with E-state index in [0.717, 1.165) is 24.7 Å². The standard InChI is InChI=1S/C13H21N3/c1-14-8-12-4-3-5-13(15-12)10-16(2)9-11-6-7-11/h3-5,11,14H,6-10H2,1-2H3. The van der Waals surface area contributed by atoms with E-state index in [4.69, 9.17) is 0 Å². The topological polar surface area (TPSA) is 28.2 Å². The van der Waals surface area contributed by atoms with Crippen LogP contribution in [0.5, 0.6) is 0 Å². The highest BCUT2D eigenvalue weighted by atomic mass is 15.1. The third kappa shape index (κ3) is 3.58. The van der Waals surface area contributed by atoms with Crippen LogP contribution in [-0.4, -0.2) is 30.5 Å². The van der Waals surface area contributed by atoms with Crippen LogP contribution in [0.15, 0.2) is 18.2 Å². The van der Waals surface area contributed by atoms with Crippen molar-refractivity contribution in [3.05, 3.63) is 29.6 Å². The van der Waals surface area contributed by atoms with Crippen LogP contribution in [0.3, 0.4) is 0 Å². The molecular weight excluding hydrogens is 198 g/mol. The molecule has 0 aliphatic heterocycles. The Labute approximate surface area is 97.9 Å².